The van der Waals surface area contributed by atoms with Crippen molar-refractivity contribution in [3.63, 3.8) is 0 Å². The number of aromatic nitrogens is 3. The van der Waals surface area contributed by atoms with Gasteiger partial charge in [0.1, 0.15) is 5.69 Å². The van der Waals surface area contributed by atoms with E-state index in [9.17, 15) is 4.79 Å². The zero-order chi connectivity index (χ0) is 16.0. The number of benzene rings is 1. The second kappa shape index (κ2) is 5.19. The first kappa shape index (κ1) is 13.9. The van der Waals surface area contributed by atoms with E-state index in [-0.39, 0.29) is 11.9 Å². The number of imidazole rings is 1. The smallest absolute Gasteiger partial charge is 0.227 e. The van der Waals surface area contributed by atoms with Gasteiger partial charge in [0.05, 0.1) is 5.52 Å². The minimum Gasteiger partial charge on any atom is -0.343 e. The molecule has 5 nitrogen and oxygen atoms in total. The van der Waals surface area contributed by atoms with Crippen molar-refractivity contribution in [2.75, 3.05) is 4.90 Å². The number of hydrogen-bond acceptors (Lipinski definition) is 3. The van der Waals surface area contributed by atoms with Crippen molar-refractivity contribution in [3.8, 4) is 11.5 Å². The van der Waals surface area contributed by atoms with Crippen LogP contribution < -0.4 is 4.90 Å². The lowest BCUT2D eigenvalue weighted by Gasteiger charge is -2.22. The number of anilines is 1. The number of aromatic amines is 1. The van der Waals surface area contributed by atoms with Crippen molar-refractivity contribution >= 4 is 22.5 Å². The maximum Gasteiger partial charge on any atom is 0.227 e. The molecule has 1 unspecified atom stereocenters. The Bertz CT molecular complexity index is 885. The summed E-state index contributed by atoms with van der Waals surface area (Å²) in [5, 5.41) is 1.07. The van der Waals surface area contributed by atoms with Crippen LogP contribution in [0.1, 0.15) is 25.3 Å². The van der Waals surface area contributed by atoms with Crippen LogP contribution in [-0.2, 0) is 4.79 Å². The highest BCUT2D eigenvalue weighted by Gasteiger charge is 2.28. The summed E-state index contributed by atoms with van der Waals surface area (Å²) in [6.07, 6.45) is 5.07. The summed E-state index contributed by atoms with van der Waals surface area (Å²) in [5.41, 5.74) is 3.84. The Labute approximate surface area is 134 Å². The first-order chi connectivity index (χ1) is 11.1. The fourth-order valence-electron chi connectivity index (χ4n) is 3.28. The summed E-state index contributed by atoms with van der Waals surface area (Å²) in [7, 11) is 0. The van der Waals surface area contributed by atoms with Crippen LogP contribution in [0.5, 0.6) is 0 Å². The van der Waals surface area contributed by atoms with E-state index in [1.165, 1.54) is 0 Å². The van der Waals surface area contributed by atoms with Gasteiger partial charge in [0.15, 0.2) is 5.82 Å². The molecule has 1 fully saturated rings. The van der Waals surface area contributed by atoms with Crippen LogP contribution >= 0.6 is 0 Å². The highest BCUT2D eigenvalue weighted by Crippen LogP contribution is 2.31. The third-order valence-corrected chi connectivity index (χ3v) is 4.50. The summed E-state index contributed by atoms with van der Waals surface area (Å²) >= 11 is 0. The van der Waals surface area contributed by atoms with Crippen LogP contribution in [0.2, 0.25) is 0 Å². The van der Waals surface area contributed by atoms with Crippen LogP contribution in [0.25, 0.3) is 22.4 Å². The quantitative estimate of drug-likeness (QED) is 0.789. The topological polar surface area (TPSA) is 61.9 Å². The van der Waals surface area contributed by atoms with Gasteiger partial charge in [-0.05, 0) is 50.1 Å². The zero-order valence-electron chi connectivity index (χ0n) is 13.2. The molecular weight excluding hydrogens is 288 g/mol. The molecule has 0 bridgehead atoms. The number of H-pyrrole nitrogens is 1. The summed E-state index contributed by atoms with van der Waals surface area (Å²) < 4.78 is 0. The van der Waals surface area contributed by atoms with Gasteiger partial charge in [-0.3, -0.25) is 4.79 Å². The number of hydrogen-bond donors (Lipinski definition) is 1. The van der Waals surface area contributed by atoms with Crippen molar-refractivity contribution in [2.24, 2.45) is 0 Å². The number of nitrogens with one attached hydrogen (secondary N) is 1. The van der Waals surface area contributed by atoms with Gasteiger partial charge in [-0.2, -0.15) is 0 Å². The predicted molar refractivity (Wildman–Crippen MR) is 90.2 cm³/mol. The van der Waals surface area contributed by atoms with Crippen molar-refractivity contribution in [3.05, 3.63) is 42.2 Å². The number of pyridine rings is 1. The second-order valence-electron chi connectivity index (χ2n) is 6.12. The van der Waals surface area contributed by atoms with E-state index in [2.05, 4.69) is 34.9 Å². The summed E-state index contributed by atoms with van der Waals surface area (Å²) in [4.78, 5) is 26.1. The first-order valence-electron chi connectivity index (χ1n) is 7.87. The Morgan fingerprint density at radius 1 is 1.30 bits per heavy atom. The highest BCUT2D eigenvalue weighted by atomic mass is 16.2. The average Bonchev–Trinajstić information content (AvgIpc) is 3.18. The molecule has 0 aliphatic carbocycles. The van der Waals surface area contributed by atoms with Gasteiger partial charge in [-0.15, -0.1) is 0 Å². The fraction of sp³-hybridized carbons (Fsp3) is 0.278. The van der Waals surface area contributed by atoms with E-state index in [4.69, 9.17) is 0 Å². The van der Waals surface area contributed by atoms with Crippen molar-refractivity contribution in [1.82, 2.24) is 15.0 Å². The molecule has 2 aromatic heterocycles. The summed E-state index contributed by atoms with van der Waals surface area (Å²) in [5.74, 6) is 0.970. The maximum atomic E-state index is 12.1. The molecular formula is C18H18N4O. The number of carbonyl (C=O) groups is 1. The van der Waals surface area contributed by atoms with Gasteiger partial charge in [-0.1, -0.05) is 0 Å². The normalized spacial score (nSPS) is 18.1. The molecule has 23 heavy (non-hydrogen) atoms. The van der Waals surface area contributed by atoms with E-state index in [1.54, 1.807) is 12.4 Å². The Morgan fingerprint density at radius 2 is 2.17 bits per heavy atom. The van der Waals surface area contributed by atoms with Crippen LogP contribution in [-0.4, -0.2) is 26.9 Å². The molecule has 0 spiro atoms. The number of fused-ring (bicyclic) bond motifs is 1. The standard InChI is InChI=1S/C18H18N4O/c1-11-9-16(18-19-7-8-20-18)21-15-5-4-13(10-14(11)15)22-12(2)3-6-17(22)23/h4-5,7-10,12H,3,6H2,1-2H3,(H,19,20). The lowest BCUT2D eigenvalue weighted by molar-refractivity contribution is -0.117. The molecule has 0 radical (unpaired) electrons. The van der Waals surface area contributed by atoms with Gasteiger partial charge >= 0.3 is 0 Å². The van der Waals surface area contributed by atoms with E-state index in [1.807, 2.05) is 23.1 Å². The Morgan fingerprint density at radius 3 is 2.87 bits per heavy atom. The minimum absolute atomic E-state index is 0.203. The second-order valence-corrected chi connectivity index (χ2v) is 6.12. The van der Waals surface area contributed by atoms with Crippen LogP contribution in [0.3, 0.4) is 0 Å². The Kier molecular flexibility index (Phi) is 3.15. The average molecular weight is 306 g/mol. The molecule has 1 aromatic carbocycles. The molecule has 1 atom stereocenters. The number of rotatable bonds is 2. The zero-order valence-corrected chi connectivity index (χ0v) is 13.2. The molecule has 3 aromatic rings. The van der Waals surface area contributed by atoms with Gasteiger partial charge in [-0.25, -0.2) is 9.97 Å². The van der Waals surface area contributed by atoms with Crippen LogP contribution in [0, 0.1) is 6.92 Å². The van der Waals surface area contributed by atoms with E-state index in [0.29, 0.717) is 6.42 Å². The molecule has 1 aliphatic rings. The number of carbonyl (C=O) groups excluding carboxylic acids is 1. The molecule has 1 N–H and O–H groups in total. The van der Waals surface area contributed by atoms with Gasteiger partial charge < -0.3 is 9.88 Å². The summed E-state index contributed by atoms with van der Waals surface area (Å²) in [6.45, 7) is 4.16. The molecule has 3 heterocycles. The van der Waals surface area contributed by atoms with E-state index in [0.717, 1.165) is 40.1 Å². The van der Waals surface area contributed by atoms with Crippen molar-refractivity contribution in [1.29, 1.82) is 0 Å². The third kappa shape index (κ3) is 2.29. The molecule has 4 rings (SSSR count). The van der Waals surface area contributed by atoms with Gasteiger partial charge in [0, 0.05) is 35.9 Å². The van der Waals surface area contributed by atoms with E-state index >= 15 is 0 Å². The fourth-order valence-corrected chi connectivity index (χ4v) is 3.28. The molecule has 1 aliphatic heterocycles. The molecule has 0 saturated carbocycles. The third-order valence-electron chi connectivity index (χ3n) is 4.50. The Hall–Kier alpha value is -2.69. The lowest BCUT2D eigenvalue weighted by Crippen LogP contribution is -2.30. The maximum absolute atomic E-state index is 12.1. The molecule has 1 saturated heterocycles. The molecule has 1 amide bonds. The van der Waals surface area contributed by atoms with Crippen LogP contribution in [0.15, 0.2) is 36.7 Å². The number of aryl methyl sites for hydroxylation is 1. The van der Waals surface area contributed by atoms with Gasteiger partial charge in [0.2, 0.25) is 5.91 Å². The first-order valence-corrected chi connectivity index (χ1v) is 7.87. The highest BCUT2D eigenvalue weighted by molar-refractivity contribution is 5.98. The van der Waals surface area contributed by atoms with Crippen molar-refractivity contribution < 1.29 is 4.79 Å². The van der Waals surface area contributed by atoms with E-state index < -0.39 is 0 Å². The molecule has 5 heteroatoms. The number of nitrogens with zero attached hydrogens (tertiary/aromatic N) is 3. The minimum atomic E-state index is 0.203. The lowest BCUT2D eigenvalue weighted by atomic mass is 10.1. The Balaban J connectivity index is 1.82. The van der Waals surface area contributed by atoms with Crippen LogP contribution in [0.4, 0.5) is 5.69 Å². The monoisotopic (exact) mass is 306 g/mol. The number of amides is 1. The van der Waals surface area contributed by atoms with Gasteiger partial charge in [0.25, 0.3) is 0 Å². The SMILES string of the molecule is Cc1cc(-c2ncc[nH]2)nc2ccc(N3C(=O)CCC3C)cc12. The largest absolute Gasteiger partial charge is 0.343 e. The molecule has 116 valence electrons. The van der Waals surface area contributed by atoms with Crippen molar-refractivity contribution in [2.45, 2.75) is 32.7 Å². The summed E-state index contributed by atoms with van der Waals surface area (Å²) in [6, 6.07) is 8.34. The predicted octanol–water partition coefficient (Wildman–Crippen LogP) is 3.45.